The second kappa shape index (κ2) is 7.71. The summed E-state index contributed by atoms with van der Waals surface area (Å²) in [6.45, 7) is 3.16. The fourth-order valence-electron chi connectivity index (χ4n) is 3.61. The average Bonchev–Trinajstić information content (AvgIpc) is 3.36. The van der Waals surface area contributed by atoms with Gasteiger partial charge in [0, 0.05) is 26.6 Å². The van der Waals surface area contributed by atoms with Crippen LogP contribution in [0.2, 0.25) is 0 Å². The number of nitrogens with one attached hydrogen (secondary N) is 1. The molecule has 0 saturated carbocycles. The molecule has 0 bridgehead atoms. The highest BCUT2D eigenvalue weighted by atomic mass is 32.1. The average molecular weight is 398 g/mol. The van der Waals surface area contributed by atoms with Gasteiger partial charge in [-0.05, 0) is 18.4 Å². The quantitative estimate of drug-likeness (QED) is 0.734. The van der Waals surface area contributed by atoms with Crippen LogP contribution >= 0.6 is 11.3 Å². The molecule has 1 aromatic carbocycles. The van der Waals surface area contributed by atoms with Crippen molar-refractivity contribution < 1.29 is 4.79 Å². The summed E-state index contributed by atoms with van der Waals surface area (Å²) in [5.74, 6) is 0.747. The third-order valence-corrected chi connectivity index (χ3v) is 6.20. The molecular formula is C20H23N5O2S. The van der Waals surface area contributed by atoms with E-state index < -0.39 is 0 Å². The number of hydrogen-bond donors (Lipinski definition) is 1. The molecule has 0 aliphatic carbocycles. The van der Waals surface area contributed by atoms with Crippen LogP contribution in [-0.2, 0) is 20.0 Å². The number of carbonyl (C=O) groups is 1. The molecular weight excluding hydrogens is 374 g/mol. The standard InChI is InChI=1S/C20H23N5O2S/c1-3-15-22-18-16(19(26)24(15)2)23-17(28-18)14-10-7-11-25(14)20(27)21-12-13-8-5-4-6-9-13/h4-6,8-9,14H,3,7,10-12H2,1-2H3,(H,21,27). The lowest BCUT2D eigenvalue weighted by atomic mass is 10.2. The molecule has 4 rings (SSSR count). The van der Waals surface area contributed by atoms with Gasteiger partial charge in [-0.15, -0.1) is 0 Å². The molecule has 1 fully saturated rings. The van der Waals surface area contributed by atoms with Crippen molar-refractivity contribution in [1.29, 1.82) is 0 Å². The maximum atomic E-state index is 12.7. The summed E-state index contributed by atoms with van der Waals surface area (Å²) in [4.78, 5) is 37.0. The maximum absolute atomic E-state index is 12.7. The number of hydrogen-bond acceptors (Lipinski definition) is 5. The number of amides is 2. The van der Waals surface area contributed by atoms with Gasteiger partial charge in [0.15, 0.2) is 10.3 Å². The van der Waals surface area contributed by atoms with E-state index in [9.17, 15) is 9.59 Å². The van der Waals surface area contributed by atoms with Crippen molar-refractivity contribution in [3.63, 3.8) is 0 Å². The van der Waals surface area contributed by atoms with Crippen molar-refractivity contribution in [3.05, 3.63) is 57.1 Å². The largest absolute Gasteiger partial charge is 0.334 e. The minimum atomic E-state index is -0.123. The van der Waals surface area contributed by atoms with E-state index in [0.29, 0.717) is 29.9 Å². The fraction of sp³-hybridized carbons (Fsp3) is 0.400. The molecule has 3 heterocycles. The van der Waals surface area contributed by atoms with Gasteiger partial charge in [-0.1, -0.05) is 48.6 Å². The number of nitrogens with zero attached hydrogens (tertiary/aromatic N) is 4. The molecule has 1 unspecified atom stereocenters. The molecule has 0 spiro atoms. The molecule has 1 aliphatic rings. The molecule has 0 radical (unpaired) electrons. The van der Waals surface area contributed by atoms with Gasteiger partial charge in [0.25, 0.3) is 5.56 Å². The predicted molar refractivity (Wildman–Crippen MR) is 109 cm³/mol. The normalized spacial score (nSPS) is 16.6. The number of aromatic nitrogens is 3. The zero-order valence-corrected chi connectivity index (χ0v) is 16.8. The van der Waals surface area contributed by atoms with Crippen LogP contribution in [0.5, 0.6) is 0 Å². The number of benzene rings is 1. The Hall–Kier alpha value is -2.74. The van der Waals surface area contributed by atoms with E-state index in [1.807, 2.05) is 42.2 Å². The van der Waals surface area contributed by atoms with E-state index in [0.717, 1.165) is 29.2 Å². The summed E-state index contributed by atoms with van der Waals surface area (Å²) in [7, 11) is 1.73. The van der Waals surface area contributed by atoms with E-state index in [1.54, 1.807) is 11.6 Å². The van der Waals surface area contributed by atoms with Crippen molar-refractivity contribution in [2.75, 3.05) is 6.54 Å². The second-order valence-electron chi connectivity index (χ2n) is 6.95. The summed E-state index contributed by atoms with van der Waals surface area (Å²) in [5.41, 5.74) is 1.34. The first-order valence-corrected chi connectivity index (χ1v) is 10.3. The molecule has 2 aromatic heterocycles. The van der Waals surface area contributed by atoms with Crippen LogP contribution < -0.4 is 10.9 Å². The number of likely N-dealkylation sites (tertiary alicyclic amines) is 1. The van der Waals surface area contributed by atoms with E-state index in [2.05, 4.69) is 15.3 Å². The minimum absolute atomic E-state index is 0.0966. The Balaban J connectivity index is 1.57. The van der Waals surface area contributed by atoms with Crippen LogP contribution in [0.4, 0.5) is 4.79 Å². The van der Waals surface area contributed by atoms with Gasteiger partial charge in [0.05, 0.1) is 6.04 Å². The molecule has 7 nitrogen and oxygen atoms in total. The molecule has 1 aliphatic heterocycles. The first-order valence-electron chi connectivity index (χ1n) is 9.53. The van der Waals surface area contributed by atoms with E-state index >= 15 is 0 Å². The van der Waals surface area contributed by atoms with Crippen molar-refractivity contribution in [3.8, 4) is 0 Å². The van der Waals surface area contributed by atoms with Gasteiger partial charge in [-0.2, -0.15) is 0 Å². The third-order valence-electron chi connectivity index (χ3n) is 5.15. The van der Waals surface area contributed by atoms with Crippen LogP contribution in [0.1, 0.15) is 42.2 Å². The molecule has 28 heavy (non-hydrogen) atoms. The first-order chi connectivity index (χ1) is 13.6. The van der Waals surface area contributed by atoms with Crippen LogP contribution in [0.25, 0.3) is 10.3 Å². The maximum Gasteiger partial charge on any atom is 0.318 e. The highest BCUT2D eigenvalue weighted by Crippen LogP contribution is 2.35. The number of fused-ring (bicyclic) bond motifs is 1. The number of urea groups is 1. The Bertz CT molecular complexity index is 1060. The minimum Gasteiger partial charge on any atom is -0.334 e. The lowest BCUT2D eigenvalue weighted by Crippen LogP contribution is -2.39. The van der Waals surface area contributed by atoms with Crippen molar-refractivity contribution in [1.82, 2.24) is 24.8 Å². The van der Waals surface area contributed by atoms with Gasteiger partial charge in [-0.3, -0.25) is 9.36 Å². The highest BCUT2D eigenvalue weighted by Gasteiger charge is 2.32. The molecule has 1 atom stereocenters. The number of thiazole rings is 1. The molecule has 1 N–H and O–H groups in total. The Morgan fingerprint density at radius 3 is 2.82 bits per heavy atom. The SMILES string of the molecule is CCc1nc2sc(C3CCCN3C(=O)NCc3ccccc3)nc2c(=O)n1C. The van der Waals surface area contributed by atoms with E-state index in [4.69, 9.17) is 0 Å². The van der Waals surface area contributed by atoms with Gasteiger partial charge >= 0.3 is 6.03 Å². The Morgan fingerprint density at radius 2 is 2.07 bits per heavy atom. The van der Waals surface area contributed by atoms with E-state index in [1.165, 1.54) is 11.3 Å². The Kier molecular flexibility index (Phi) is 5.13. The van der Waals surface area contributed by atoms with Crippen molar-refractivity contribution >= 4 is 27.7 Å². The Morgan fingerprint density at radius 1 is 1.29 bits per heavy atom. The Labute approximate surface area is 167 Å². The van der Waals surface area contributed by atoms with Gasteiger partial charge in [0.2, 0.25) is 0 Å². The third kappa shape index (κ3) is 3.40. The number of carbonyl (C=O) groups excluding carboxylic acids is 1. The first kappa shape index (κ1) is 18.6. The summed E-state index contributed by atoms with van der Waals surface area (Å²) < 4.78 is 1.56. The van der Waals surface area contributed by atoms with Gasteiger partial charge < -0.3 is 10.2 Å². The fourth-order valence-corrected chi connectivity index (χ4v) is 4.71. The summed E-state index contributed by atoms with van der Waals surface area (Å²) >= 11 is 1.43. The molecule has 2 amide bonds. The van der Waals surface area contributed by atoms with Crippen LogP contribution in [0.15, 0.2) is 35.1 Å². The molecule has 3 aromatic rings. The predicted octanol–water partition coefficient (Wildman–Crippen LogP) is 3.00. The zero-order chi connectivity index (χ0) is 19.7. The second-order valence-corrected chi connectivity index (χ2v) is 7.96. The van der Waals surface area contributed by atoms with Crippen LogP contribution in [0, 0.1) is 0 Å². The summed E-state index contributed by atoms with van der Waals surface area (Å²) in [6.07, 6.45) is 2.46. The van der Waals surface area contributed by atoms with Gasteiger partial charge in [0.1, 0.15) is 10.8 Å². The molecule has 8 heteroatoms. The van der Waals surface area contributed by atoms with Crippen LogP contribution in [0.3, 0.4) is 0 Å². The highest BCUT2D eigenvalue weighted by molar-refractivity contribution is 7.18. The van der Waals surface area contributed by atoms with Crippen molar-refractivity contribution in [2.45, 2.75) is 38.8 Å². The lowest BCUT2D eigenvalue weighted by molar-refractivity contribution is 0.192. The summed E-state index contributed by atoms with van der Waals surface area (Å²) in [5, 5.41) is 3.79. The number of rotatable bonds is 4. The lowest BCUT2D eigenvalue weighted by Gasteiger charge is -2.23. The topological polar surface area (TPSA) is 80.1 Å². The smallest absolute Gasteiger partial charge is 0.318 e. The number of aryl methyl sites for hydroxylation is 1. The zero-order valence-electron chi connectivity index (χ0n) is 16.0. The summed E-state index contributed by atoms with van der Waals surface area (Å²) in [6, 6.07) is 9.64. The van der Waals surface area contributed by atoms with Gasteiger partial charge in [-0.25, -0.2) is 14.8 Å². The monoisotopic (exact) mass is 397 g/mol. The molecule has 1 saturated heterocycles. The van der Waals surface area contributed by atoms with E-state index in [-0.39, 0.29) is 17.6 Å². The van der Waals surface area contributed by atoms with Crippen molar-refractivity contribution in [2.24, 2.45) is 7.05 Å². The van der Waals surface area contributed by atoms with Crippen LogP contribution in [-0.4, -0.2) is 32.0 Å². The molecule has 146 valence electrons.